The first kappa shape index (κ1) is 9.79. The molecule has 5 heteroatoms. The fourth-order valence-corrected chi connectivity index (χ4v) is 1.43. The minimum absolute atomic E-state index is 0.119. The molecular formula is C10H11N3O2. The molecule has 15 heavy (non-hydrogen) atoms. The highest BCUT2D eigenvalue weighted by Crippen LogP contribution is 2.14. The summed E-state index contributed by atoms with van der Waals surface area (Å²) in [5.74, 6) is -0.373. The number of nitrogens with one attached hydrogen (secondary N) is 1. The predicted molar refractivity (Wildman–Crippen MR) is 54.5 cm³/mol. The quantitative estimate of drug-likeness (QED) is 0.737. The first-order valence-electron chi connectivity index (χ1n) is 4.73. The van der Waals surface area contributed by atoms with Crippen molar-refractivity contribution >= 4 is 11.5 Å². The van der Waals surface area contributed by atoms with Crippen molar-refractivity contribution in [1.82, 2.24) is 15.3 Å². The summed E-state index contributed by atoms with van der Waals surface area (Å²) in [6.07, 6.45) is 5.59. The summed E-state index contributed by atoms with van der Waals surface area (Å²) in [7, 11) is 0. The van der Waals surface area contributed by atoms with Crippen LogP contribution in [0.3, 0.4) is 0 Å². The molecule has 1 aromatic heterocycles. The third-order valence-electron chi connectivity index (χ3n) is 2.25. The van der Waals surface area contributed by atoms with Crippen molar-refractivity contribution in [2.24, 2.45) is 0 Å². The van der Waals surface area contributed by atoms with Crippen molar-refractivity contribution in [3.63, 3.8) is 0 Å². The van der Waals surface area contributed by atoms with E-state index in [1.807, 2.05) is 6.08 Å². The van der Waals surface area contributed by atoms with Crippen LogP contribution in [0.15, 0.2) is 18.5 Å². The lowest BCUT2D eigenvalue weighted by atomic mass is 10.1. The van der Waals surface area contributed by atoms with Crippen LogP contribution in [0.4, 0.5) is 0 Å². The lowest BCUT2D eigenvalue weighted by Crippen LogP contribution is -2.20. The van der Waals surface area contributed by atoms with Crippen molar-refractivity contribution < 1.29 is 9.90 Å². The topological polar surface area (TPSA) is 75.1 Å². The average Bonchev–Trinajstić information content (AvgIpc) is 2.30. The summed E-state index contributed by atoms with van der Waals surface area (Å²) in [5, 5.41) is 11.9. The van der Waals surface area contributed by atoms with Crippen molar-refractivity contribution in [3.8, 4) is 0 Å². The highest BCUT2D eigenvalue weighted by Gasteiger charge is 2.09. The second-order valence-electron chi connectivity index (χ2n) is 3.28. The van der Waals surface area contributed by atoms with Gasteiger partial charge in [0.05, 0.1) is 5.56 Å². The van der Waals surface area contributed by atoms with E-state index in [2.05, 4.69) is 15.3 Å². The monoisotopic (exact) mass is 205 g/mol. The van der Waals surface area contributed by atoms with Gasteiger partial charge in [0.15, 0.2) is 5.82 Å². The number of rotatable bonds is 2. The molecule has 0 radical (unpaired) electrons. The molecular weight excluding hydrogens is 194 g/mol. The highest BCUT2D eigenvalue weighted by atomic mass is 16.4. The number of hydrogen-bond donors (Lipinski definition) is 2. The van der Waals surface area contributed by atoms with E-state index in [1.54, 1.807) is 0 Å². The average molecular weight is 205 g/mol. The predicted octanol–water partition coefficient (Wildman–Crippen LogP) is 0.551. The molecule has 0 bridgehead atoms. The van der Waals surface area contributed by atoms with E-state index in [0.29, 0.717) is 5.82 Å². The number of hydrogen-bond acceptors (Lipinski definition) is 4. The summed E-state index contributed by atoms with van der Waals surface area (Å²) in [6, 6.07) is 0. The Morgan fingerprint density at radius 3 is 2.67 bits per heavy atom. The Morgan fingerprint density at radius 1 is 1.40 bits per heavy atom. The Balaban J connectivity index is 2.23. The third-order valence-corrected chi connectivity index (χ3v) is 2.25. The maximum atomic E-state index is 10.6. The molecule has 2 rings (SSSR count). The van der Waals surface area contributed by atoms with Crippen molar-refractivity contribution in [3.05, 3.63) is 29.9 Å². The fraction of sp³-hybridized carbons (Fsp3) is 0.300. The summed E-state index contributed by atoms with van der Waals surface area (Å²) in [5.41, 5.74) is 1.19. The van der Waals surface area contributed by atoms with Gasteiger partial charge < -0.3 is 10.4 Å². The standard InChI is InChI=1S/C10H11N3O2/c14-10(15)8-5-12-9(13-6-8)7-1-3-11-4-2-7/h1,5-6,11H,2-4H2,(H,14,15). The minimum atomic E-state index is -0.999. The number of aromatic carboxylic acids is 1. The summed E-state index contributed by atoms with van der Waals surface area (Å²) in [6.45, 7) is 1.73. The maximum absolute atomic E-state index is 10.6. The van der Waals surface area contributed by atoms with Crippen LogP contribution >= 0.6 is 0 Å². The van der Waals surface area contributed by atoms with E-state index < -0.39 is 5.97 Å². The van der Waals surface area contributed by atoms with Gasteiger partial charge in [0.2, 0.25) is 0 Å². The molecule has 2 N–H and O–H groups in total. The molecule has 5 nitrogen and oxygen atoms in total. The Kier molecular flexibility index (Phi) is 2.73. The van der Waals surface area contributed by atoms with Gasteiger partial charge in [-0.3, -0.25) is 0 Å². The Bertz CT molecular complexity index is 398. The third kappa shape index (κ3) is 2.19. The Hall–Kier alpha value is -1.75. The van der Waals surface area contributed by atoms with E-state index in [9.17, 15) is 4.79 Å². The molecule has 0 saturated heterocycles. The largest absolute Gasteiger partial charge is 0.478 e. The SMILES string of the molecule is O=C(O)c1cnc(C2=CCNCC2)nc1. The molecule has 2 heterocycles. The van der Waals surface area contributed by atoms with Crippen molar-refractivity contribution in [2.45, 2.75) is 6.42 Å². The highest BCUT2D eigenvalue weighted by molar-refractivity contribution is 5.86. The lowest BCUT2D eigenvalue weighted by molar-refractivity contribution is 0.0696. The Morgan fingerprint density at radius 2 is 2.13 bits per heavy atom. The molecule has 1 aliphatic rings. The number of carboxylic acid groups (broad SMARTS) is 1. The second-order valence-corrected chi connectivity index (χ2v) is 3.28. The van der Waals surface area contributed by atoms with Gasteiger partial charge in [0.25, 0.3) is 0 Å². The van der Waals surface area contributed by atoms with Crippen LogP contribution < -0.4 is 5.32 Å². The van der Waals surface area contributed by atoms with E-state index in [1.165, 1.54) is 12.4 Å². The van der Waals surface area contributed by atoms with Gasteiger partial charge >= 0.3 is 5.97 Å². The molecule has 0 spiro atoms. The van der Waals surface area contributed by atoms with Gasteiger partial charge in [-0.1, -0.05) is 6.08 Å². The first-order valence-corrected chi connectivity index (χ1v) is 4.73. The zero-order valence-electron chi connectivity index (χ0n) is 8.10. The zero-order chi connectivity index (χ0) is 10.7. The van der Waals surface area contributed by atoms with Gasteiger partial charge in [0.1, 0.15) is 0 Å². The van der Waals surface area contributed by atoms with Crippen LogP contribution in [0.2, 0.25) is 0 Å². The van der Waals surface area contributed by atoms with Gasteiger partial charge in [-0.25, -0.2) is 14.8 Å². The van der Waals surface area contributed by atoms with Crippen molar-refractivity contribution in [2.75, 3.05) is 13.1 Å². The van der Waals surface area contributed by atoms with E-state index in [4.69, 9.17) is 5.11 Å². The fourth-order valence-electron chi connectivity index (χ4n) is 1.43. The van der Waals surface area contributed by atoms with Crippen molar-refractivity contribution in [1.29, 1.82) is 0 Å². The smallest absolute Gasteiger partial charge is 0.338 e. The molecule has 0 fully saturated rings. The van der Waals surface area contributed by atoms with E-state index >= 15 is 0 Å². The molecule has 78 valence electrons. The maximum Gasteiger partial charge on any atom is 0.338 e. The Labute approximate surface area is 86.9 Å². The molecule has 0 saturated carbocycles. The van der Waals surface area contributed by atoms with Gasteiger partial charge in [0, 0.05) is 18.9 Å². The number of carboxylic acids is 1. The molecule has 0 aliphatic carbocycles. The molecule has 1 aliphatic heterocycles. The van der Waals surface area contributed by atoms with Crippen LogP contribution in [-0.2, 0) is 0 Å². The van der Waals surface area contributed by atoms with E-state index in [0.717, 1.165) is 25.1 Å². The zero-order valence-corrected chi connectivity index (χ0v) is 8.10. The van der Waals surface area contributed by atoms with Crippen LogP contribution in [0, 0.1) is 0 Å². The number of carbonyl (C=O) groups is 1. The summed E-state index contributed by atoms with van der Waals surface area (Å²) < 4.78 is 0. The van der Waals surface area contributed by atoms with Crippen LogP contribution in [0.5, 0.6) is 0 Å². The van der Waals surface area contributed by atoms with Crippen LogP contribution in [0.1, 0.15) is 22.6 Å². The van der Waals surface area contributed by atoms with Crippen LogP contribution in [0.25, 0.3) is 5.57 Å². The van der Waals surface area contributed by atoms with Gasteiger partial charge in [-0.2, -0.15) is 0 Å². The number of aromatic nitrogens is 2. The first-order chi connectivity index (χ1) is 7.27. The summed E-state index contributed by atoms with van der Waals surface area (Å²) in [4.78, 5) is 18.7. The molecule has 0 amide bonds. The van der Waals surface area contributed by atoms with Gasteiger partial charge in [-0.05, 0) is 18.5 Å². The summed E-state index contributed by atoms with van der Waals surface area (Å²) >= 11 is 0. The second kappa shape index (κ2) is 4.18. The van der Waals surface area contributed by atoms with Crippen LogP contribution in [-0.4, -0.2) is 34.1 Å². The minimum Gasteiger partial charge on any atom is -0.478 e. The molecule has 0 atom stereocenters. The molecule has 0 unspecified atom stereocenters. The molecule has 0 aromatic carbocycles. The molecule has 1 aromatic rings. The normalized spacial score (nSPS) is 15.9. The lowest BCUT2D eigenvalue weighted by Gasteiger charge is -2.12. The van der Waals surface area contributed by atoms with Gasteiger partial charge in [-0.15, -0.1) is 0 Å². The van der Waals surface area contributed by atoms with E-state index in [-0.39, 0.29) is 5.56 Å². The number of nitrogens with zero attached hydrogens (tertiary/aromatic N) is 2.